The van der Waals surface area contributed by atoms with E-state index in [1.54, 1.807) is 29.9 Å². The van der Waals surface area contributed by atoms with Gasteiger partial charge in [-0.2, -0.15) is 5.10 Å². The Kier molecular flexibility index (Phi) is 3.72. The van der Waals surface area contributed by atoms with Gasteiger partial charge in [0, 0.05) is 38.7 Å². The Morgan fingerprint density at radius 2 is 1.87 bits per heavy atom. The van der Waals surface area contributed by atoms with Crippen LogP contribution in [0.2, 0.25) is 0 Å². The number of imidazole rings is 1. The first-order valence-electron chi connectivity index (χ1n) is 9.42. The van der Waals surface area contributed by atoms with Gasteiger partial charge in [0.05, 0.1) is 28.4 Å². The van der Waals surface area contributed by atoms with Crippen LogP contribution < -0.4 is 0 Å². The van der Waals surface area contributed by atoms with Crippen LogP contribution in [0.15, 0.2) is 61.3 Å². The summed E-state index contributed by atoms with van der Waals surface area (Å²) in [4.78, 5) is 23.5. The second kappa shape index (κ2) is 6.57. The predicted molar refractivity (Wildman–Crippen MR) is 118 cm³/mol. The van der Waals surface area contributed by atoms with Crippen molar-refractivity contribution in [3.05, 3.63) is 66.2 Å². The Morgan fingerprint density at radius 3 is 2.70 bits per heavy atom. The van der Waals surface area contributed by atoms with Crippen LogP contribution in [-0.4, -0.2) is 35.1 Å². The topological polar surface area (TPSA) is 96.0 Å². The zero-order chi connectivity index (χ0) is 20.1. The van der Waals surface area contributed by atoms with E-state index < -0.39 is 0 Å². The molecule has 30 heavy (non-hydrogen) atoms. The molecule has 0 amide bonds. The average molecular weight is 409 g/mol. The SMILES string of the molecule is Cc1ccc(-c2cccc3[nH]c(-c4n[nH]c5cnc(-c6cncnc6)cc45)nc23)s1. The molecule has 0 aliphatic heterocycles. The highest BCUT2D eigenvalue weighted by Crippen LogP contribution is 2.35. The van der Waals surface area contributed by atoms with E-state index in [-0.39, 0.29) is 0 Å². The van der Waals surface area contributed by atoms with E-state index in [2.05, 4.69) is 61.3 Å². The van der Waals surface area contributed by atoms with Gasteiger partial charge in [0.25, 0.3) is 0 Å². The van der Waals surface area contributed by atoms with Crippen molar-refractivity contribution < 1.29 is 0 Å². The molecule has 0 radical (unpaired) electrons. The van der Waals surface area contributed by atoms with E-state index in [4.69, 9.17) is 4.98 Å². The molecule has 5 heterocycles. The normalized spacial score (nSPS) is 11.5. The van der Waals surface area contributed by atoms with Gasteiger partial charge in [0.2, 0.25) is 0 Å². The zero-order valence-corrected chi connectivity index (χ0v) is 16.7. The fourth-order valence-electron chi connectivity index (χ4n) is 3.61. The lowest BCUT2D eigenvalue weighted by molar-refractivity contribution is 1.10. The maximum absolute atomic E-state index is 4.92. The predicted octanol–water partition coefficient (Wildman–Crippen LogP) is 5.00. The van der Waals surface area contributed by atoms with E-state index in [1.165, 1.54) is 16.1 Å². The Hall–Kier alpha value is -3.91. The van der Waals surface area contributed by atoms with E-state index >= 15 is 0 Å². The summed E-state index contributed by atoms with van der Waals surface area (Å²) in [6.45, 7) is 2.11. The van der Waals surface area contributed by atoms with Gasteiger partial charge < -0.3 is 4.98 Å². The largest absolute Gasteiger partial charge is 0.337 e. The van der Waals surface area contributed by atoms with Crippen LogP contribution in [0.5, 0.6) is 0 Å². The van der Waals surface area contributed by atoms with Crippen molar-refractivity contribution in [2.75, 3.05) is 0 Å². The van der Waals surface area contributed by atoms with Crippen LogP contribution in [0.4, 0.5) is 0 Å². The lowest BCUT2D eigenvalue weighted by Gasteiger charge is -2.00. The molecule has 0 unspecified atom stereocenters. The lowest BCUT2D eigenvalue weighted by atomic mass is 10.1. The van der Waals surface area contributed by atoms with Gasteiger partial charge in [-0.15, -0.1) is 11.3 Å². The molecule has 0 aliphatic rings. The molecule has 0 atom stereocenters. The number of nitrogens with zero attached hydrogens (tertiary/aromatic N) is 5. The van der Waals surface area contributed by atoms with Gasteiger partial charge >= 0.3 is 0 Å². The number of benzene rings is 1. The fraction of sp³-hybridized carbons (Fsp3) is 0.0455. The van der Waals surface area contributed by atoms with Crippen molar-refractivity contribution in [2.24, 2.45) is 0 Å². The van der Waals surface area contributed by atoms with Crippen molar-refractivity contribution >= 4 is 33.3 Å². The van der Waals surface area contributed by atoms with Gasteiger partial charge in [0.15, 0.2) is 5.82 Å². The molecule has 7 nitrogen and oxygen atoms in total. The van der Waals surface area contributed by atoms with Crippen molar-refractivity contribution in [2.45, 2.75) is 6.92 Å². The first-order valence-corrected chi connectivity index (χ1v) is 10.2. The van der Waals surface area contributed by atoms with Gasteiger partial charge in [-0.3, -0.25) is 10.1 Å². The number of aromatic amines is 2. The van der Waals surface area contributed by atoms with Gasteiger partial charge in [-0.05, 0) is 31.2 Å². The lowest BCUT2D eigenvalue weighted by Crippen LogP contribution is -1.87. The number of fused-ring (bicyclic) bond motifs is 2. The molecule has 0 bridgehead atoms. The van der Waals surface area contributed by atoms with Crippen LogP contribution in [0.3, 0.4) is 0 Å². The minimum atomic E-state index is 0.721. The Balaban J connectivity index is 1.52. The van der Waals surface area contributed by atoms with E-state index in [0.29, 0.717) is 0 Å². The smallest absolute Gasteiger partial charge is 0.159 e. The number of para-hydroxylation sites is 1. The minimum absolute atomic E-state index is 0.721. The Bertz CT molecular complexity index is 1510. The number of aromatic nitrogens is 7. The molecule has 8 heteroatoms. The highest BCUT2D eigenvalue weighted by molar-refractivity contribution is 7.15. The average Bonchev–Trinajstić information content (AvgIpc) is 3.51. The minimum Gasteiger partial charge on any atom is -0.337 e. The first kappa shape index (κ1) is 17.0. The second-order valence-electron chi connectivity index (χ2n) is 7.01. The quantitative estimate of drug-likeness (QED) is 0.429. The fourth-order valence-corrected chi connectivity index (χ4v) is 4.50. The summed E-state index contributed by atoms with van der Waals surface area (Å²) in [5, 5.41) is 8.51. The van der Waals surface area contributed by atoms with Crippen molar-refractivity contribution in [3.8, 4) is 33.2 Å². The Labute approximate surface area is 174 Å². The molecule has 2 N–H and O–H groups in total. The number of pyridine rings is 1. The molecule has 144 valence electrons. The summed E-state index contributed by atoms with van der Waals surface area (Å²) in [6.07, 6.45) is 6.78. The molecule has 0 aliphatic carbocycles. The molecule has 0 saturated carbocycles. The summed E-state index contributed by atoms with van der Waals surface area (Å²) in [5.41, 5.74) is 6.29. The highest BCUT2D eigenvalue weighted by atomic mass is 32.1. The second-order valence-corrected chi connectivity index (χ2v) is 8.30. The first-order chi connectivity index (χ1) is 14.8. The molecule has 0 fully saturated rings. The summed E-state index contributed by atoms with van der Waals surface area (Å²) < 4.78 is 0. The summed E-state index contributed by atoms with van der Waals surface area (Å²) >= 11 is 1.77. The third-order valence-corrected chi connectivity index (χ3v) is 6.08. The maximum Gasteiger partial charge on any atom is 0.159 e. The van der Waals surface area contributed by atoms with E-state index in [0.717, 1.165) is 50.3 Å². The van der Waals surface area contributed by atoms with Gasteiger partial charge in [0.1, 0.15) is 12.0 Å². The molecular formula is C22H15N7S. The number of H-pyrrole nitrogens is 2. The summed E-state index contributed by atoms with van der Waals surface area (Å²) in [6, 6.07) is 12.5. The van der Waals surface area contributed by atoms with E-state index in [1.807, 2.05) is 12.1 Å². The Morgan fingerprint density at radius 1 is 0.967 bits per heavy atom. The number of rotatable bonds is 3. The number of nitrogens with one attached hydrogen (secondary N) is 2. The highest BCUT2D eigenvalue weighted by Gasteiger charge is 2.16. The van der Waals surface area contributed by atoms with Crippen molar-refractivity contribution in [1.29, 1.82) is 0 Å². The number of aryl methyl sites for hydroxylation is 1. The van der Waals surface area contributed by atoms with Gasteiger partial charge in [-0.25, -0.2) is 15.0 Å². The maximum atomic E-state index is 4.92. The van der Waals surface area contributed by atoms with Crippen molar-refractivity contribution in [1.82, 2.24) is 35.1 Å². The van der Waals surface area contributed by atoms with Crippen LogP contribution in [-0.2, 0) is 0 Å². The standard InChI is InChI=1S/C22H15N7S/c1-12-5-6-19(30-12)14-3-2-4-16-20(14)27-22(26-16)21-15-7-17(13-8-23-11-24-9-13)25-10-18(15)28-29-21/h2-11H,1H3,(H,26,27)(H,28,29). The van der Waals surface area contributed by atoms with Crippen molar-refractivity contribution in [3.63, 3.8) is 0 Å². The van der Waals surface area contributed by atoms with Crippen LogP contribution in [0, 0.1) is 6.92 Å². The molecule has 6 aromatic rings. The monoisotopic (exact) mass is 409 g/mol. The number of hydrogen-bond donors (Lipinski definition) is 2. The zero-order valence-electron chi connectivity index (χ0n) is 15.9. The third kappa shape index (κ3) is 2.69. The van der Waals surface area contributed by atoms with Crippen LogP contribution in [0.1, 0.15) is 4.88 Å². The molecule has 0 saturated heterocycles. The number of hydrogen-bond acceptors (Lipinski definition) is 6. The molecule has 6 rings (SSSR count). The summed E-state index contributed by atoms with van der Waals surface area (Å²) in [7, 11) is 0. The molecular weight excluding hydrogens is 394 g/mol. The number of thiophene rings is 1. The molecule has 5 aromatic heterocycles. The summed E-state index contributed by atoms with van der Waals surface area (Å²) in [5.74, 6) is 0.721. The van der Waals surface area contributed by atoms with Crippen LogP contribution >= 0.6 is 11.3 Å². The van der Waals surface area contributed by atoms with Gasteiger partial charge in [-0.1, -0.05) is 12.1 Å². The molecule has 0 spiro atoms. The molecule has 1 aromatic carbocycles. The van der Waals surface area contributed by atoms with E-state index in [9.17, 15) is 0 Å². The third-order valence-electron chi connectivity index (χ3n) is 5.05. The van der Waals surface area contributed by atoms with Crippen LogP contribution in [0.25, 0.3) is 55.2 Å².